The summed E-state index contributed by atoms with van der Waals surface area (Å²) in [5.41, 5.74) is -0.619. The molecule has 0 fully saturated rings. The third-order valence-electron chi connectivity index (χ3n) is 4.69. The molecule has 0 aliphatic rings. The number of rotatable bonds is 6. The van der Waals surface area contributed by atoms with E-state index in [1.54, 1.807) is 54.6 Å². The Morgan fingerprint density at radius 3 is 2.22 bits per heavy atom. The van der Waals surface area contributed by atoms with Crippen molar-refractivity contribution in [3.05, 3.63) is 99.7 Å². The quantitative estimate of drug-likeness (QED) is 0.414. The highest BCUT2D eigenvalue weighted by Gasteiger charge is 2.17. The molecule has 3 aromatic carbocycles. The van der Waals surface area contributed by atoms with Crippen molar-refractivity contribution in [3.63, 3.8) is 0 Å². The number of nitrogens with one attached hydrogen (secondary N) is 3. The van der Waals surface area contributed by atoms with Gasteiger partial charge in [0.2, 0.25) is 5.91 Å². The lowest BCUT2D eigenvalue weighted by Crippen LogP contribution is -2.38. The molecule has 0 atom stereocenters. The molecule has 0 bridgehead atoms. The standard InChI is InChI=1S/C22H18N4O5S/c27-20(14-26-21(28)16-10-4-5-11-17(16)24-22(26)29)23-18-12-6-7-13-19(18)25-32(30,31)15-8-2-1-3-9-15/h1-13,25H,14H2,(H,23,27)(H,24,29). The number of aromatic amines is 1. The van der Waals surface area contributed by atoms with Gasteiger partial charge in [-0.2, -0.15) is 0 Å². The van der Waals surface area contributed by atoms with Crippen LogP contribution in [0.15, 0.2) is 93.3 Å². The van der Waals surface area contributed by atoms with E-state index >= 15 is 0 Å². The number of amides is 1. The van der Waals surface area contributed by atoms with E-state index < -0.39 is 33.7 Å². The van der Waals surface area contributed by atoms with Crippen molar-refractivity contribution in [2.75, 3.05) is 10.0 Å². The van der Waals surface area contributed by atoms with Crippen LogP contribution in [0.2, 0.25) is 0 Å². The van der Waals surface area contributed by atoms with Crippen LogP contribution in [-0.4, -0.2) is 23.9 Å². The first-order chi connectivity index (χ1) is 15.3. The molecule has 0 aliphatic heterocycles. The van der Waals surface area contributed by atoms with Crippen LogP contribution in [-0.2, 0) is 21.4 Å². The number of para-hydroxylation sites is 3. The van der Waals surface area contributed by atoms with Gasteiger partial charge in [0.25, 0.3) is 15.6 Å². The molecular weight excluding hydrogens is 432 g/mol. The first-order valence-corrected chi connectivity index (χ1v) is 11.0. The predicted molar refractivity (Wildman–Crippen MR) is 121 cm³/mol. The number of nitrogens with zero attached hydrogens (tertiary/aromatic N) is 1. The molecule has 0 unspecified atom stereocenters. The Bertz CT molecular complexity index is 1530. The first kappa shape index (κ1) is 21.1. The maximum Gasteiger partial charge on any atom is 0.329 e. The SMILES string of the molecule is O=C(Cn1c(=O)[nH]c2ccccc2c1=O)Nc1ccccc1NS(=O)(=O)c1ccccc1. The van der Waals surface area contributed by atoms with E-state index in [2.05, 4.69) is 15.0 Å². The number of aromatic nitrogens is 2. The number of hydrogen-bond donors (Lipinski definition) is 3. The molecule has 162 valence electrons. The Morgan fingerprint density at radius 1 is 0.844 bits per heavy atom. The molecule has 0 radical (unpaired) electrons. The zero-order chi connectivity index (χ0) is 22.7. The largest absolute Gasteiger partial charge is 0.329 e. The van der Waals surface area contributed by atoms with Crippen LogP contribution >= 0.6 is 0 Å². The lowest BCUT2D eigenvalue weighted by atomic mass is 10.2. The minimum Gasteiger partial charge on any atom is -0.323 e. The summed E-state index contributed by atoms with van der Waals surface area (Å²) in [5.74, 6) is -0.667. The first-order valence-electron chi connectivity index (χ1n) is 9.54. The van der Waals surface area contributed by atoms with Gasteiger partial charge >= 0.3 is 5.69 Å². The predicted octanol–water partition coefficient (Wildman–Crippen LogP) is 2.13. The zero-order valence-electron chi connectivity index (χ0n) is 16.6. The summed E-state index contributed by atoms with van der Waals surface area (Å²) in [5, 5.41) is 2.83. The Kier molecular flexibility index (Phi) is 5.61. The van der Waals surface area contributed by atoms with Gasteiger partial charge in [-0.1, -0.05) is 42.5 Å². The summed E-state index contributed by atoms with van der Waals surface area (Å²) in [4.78, 5) is 40.1. The Hall–Kier alpha value is -4.18. The fourth-order valence-electron chi connectivity index (χ4n) is 3.16. The van der Waals surface area contributed by atoms with E-state index in [0.717, 1.165) is 4.57 Å². The second kappa shape index (κ2) is 8.52. The van der Waals surface area contributed by atoms with Crippen LogP contribution in [0, 0.1) is 0 Å². The Morgan fingerprint density at radius 2 is 1.47 bits per heavy atom. The number of anilines is 2. The minimum atomic E-state index is -3.88. The normalized spacial score (nSPS) is 11.2. The van der Waals surface area contributed by atoms with Crippen molar-refractivity contribution in [3.8, 4) is 0 Å². The van der Waals surface area contributed by atoms with Gasteiger partial charge in [0.05, 0.1) is 27.2 Å². The third kappa shape index (κ3) is 4.30. The summed E-state index contributed by atoms with van der Waals surface area (Å²) in [6.45, 7) is -0.543. The van der Waals surface area contributed by atoms with Crippen LogP contribution in [0.4, 0.5) is 11.4 Å². The number of fused-ring (bicyclic) bond motifs is 1. The maximum atomic E-state index is 12.6. The Labute approximate surface area is 182 Å². The van der Waals surface area contributed by atoms with Gasteiger partial charge in [-0.05, 0) is 36.4 Å². The van der Waals surface area contributed by atoms with E-state index in [-0.39, 0.29) is 21.7 Å². The number of hydrogen-bond acceptors (Lipinski definition) is 5. The monoisotopic (exact) mass is 450 g/mol. The molecule has 1 heterocycles. The van der Waals surface area contributed by atoms with E-state index in [1.165, 1.54) is 24.3 Å². The highest BCUT2D eigenvalue weighted by Crippen LogP contribution is 2.24. The molecule has 32 heavy (non-hydrogen) atoms. The molecule has 4 rings (SSSR count). The highest BCUT2D eigenvalue weighted by molar-refractivity contribution is 7.92. The summed E-state index contributed by atoms with van der Waals surface area (Å²) in [7, 11) is -3.88. The highest BCUT2D eigenvalue weighted by atomic mass is 32.2. The second-order valence-corrected chi connectivity index (χ2v) is 8.56. The van der Waals surface area contributed by atoms with Gasteiger partial charge in [0.15, 0.2) is 0 Å². The van der Waals surface area contributed by atoms with Gasteiger partial charge in [-0.3, -0.25) is 18.9 Å². The molecule has 0 saturated heterocycles. The molecular formula is C22H18N4O5S. The maximum absolute atomic E-state index is 12.6. The second-order valence-electron chi connectivity index (χ2n) is 6.88. The third-order valence-corrected chi connectivity index (χ3v) is 6.07. The summed E-state index contributed by atoms with van der Waals surface area (Å²) in [6, 6.07) is 20.5. The van der Waals surface area contributed by atoms with Crippen LogP contribution in [0.5, 0.6) is 0 Å². The molecule has 9 nitrogen and oxygen atoms in total. The van der Waals surface area contributed by atoms with Crippen LogP contribution < -0.4 is 21.3 Å². The number of benzene rings is 3. The van der Waals surface area contributed by atoms with Crippen molar-refractivity contribution in [1.82, 2.24) is 9.55 Å². The topological polar surface area (TPSA) is 130 Å². The van der Waals surface area contributed by atoms with E-state index in [9.17, 15) is 22.8 Å². The average molecular weight is 450 g/mol. The van der Waals surface area contributed by atoms with Crippen molar-refractivity contribution >= 4 is 38.2 Å². The fourth-order valence-corrected chi connectivity index (χ4v) is 4.26. The van der Waals surface area contributed by atoms with Crippen LogP contribution in [0.3, 0.4) is 0 Å². The number of carbonyl (C=O) groups excluding carboxylic acids is 1. The number of carbonyl (C=O) groups is 1. The van der Waals surface area contributed by atoms with Crippen molar-refractivity contribution < 1.29 is 13.2 Å². The molecule has 10 heteroatoms. The van der Waals surface area contributed by atoms with Gasteiger partial charge in [0.1, 0.15) is 6.54 Å². The van der Waals surface area contributed by atoms with Gasteiger partial charge in [-0.25, -0.2) is 13.2 Å². The molecule has 0 spiro atoms. The van der Waals surface area contributed by atoms with Crippen molar-refractivity contribution in [1.29, 1.82) is 0 Å². The van der Waals surface area contributed by atoms with E-state index in [0.29, 0.717) is 5.52 Å². The minimum absolute atomic E-state index is 0.0652. The van der Waals surface area contributed by atoms with Crippen LogP contribution in [0.25, 0.3) is 10.9 Å². The smallest absolute Gasteiger partial charge is 0.323 e. The lowest BCUT2D eigenvalue weighted by Gasteiger charge is -2.14. The summed E-state index contributed by atoms with van der Waals surface area (Å²) >= 11 is 0. The summed E-state index contributed by atoms with van der Waals surface area (Å²) < 4.78 is 28.5. The molecule has 4 aromatic rings. The zero-order valence-corrected chi connectivity index (χ0v) is 17.4. The fraction of sp³-hybridized carbons (Fsp3) is 0.0455. The van der Waals surface area contributed by atoms with Gasteiger partial charge < -0.3 is 10.3 Å². The Balaban J connectivity index is 1.59. The van der Waals surface area contributed by atoms with Crippen molar-refractivity contribution in [2.24, 2.45) is 0 Å². The molecule has 0 aliphatic carbocycles. The number of sulfonamides is 1. The molecule has 1 aromatic heterocycles. The molecule has 3 N–H and O–H groups in total. The van der Waals surface area contributed by atoms with Gasteiger partial charge in [-0.15, -0.1) is 0 Å². The van der Waals surface area contributed by atoms with E-state index in [4.69, 9.17) is 0 Å². The average Bonchev–Trinajstić information content (AvgIpc) is 2.78. The molecule has 0 saturated carbocycles. The van der Waals surface area contributed by atoms with Crippen molar-refractivity contribution in [2.45, 2.75) is 11.4 Å². The van der Waals surface area contributed by atoms with Crippen LogP contribution in [0.1, 0.15) is 0 Å². The van der Waals surface area contributed by atoms with E-state index in [1.807, 2.05) is 0 Å². The van der Waals surface area contributed by atoms with Gasteiger partial charge in [0, 0.05) is 0 Å². The number of H-pyrrole nitrogens is 1. The lowest BCUT2D eigenvalue weighted by molar-refractivity contribution is -0.116. The molecule has 1 amide bonds. The summed E-state index contributed by atoms with van der Waals surface area (Å²) in [6.07, 6.45) is 0.